The number of hydrogen-bond acceptors (Lipinski definition) is 1. The van der Waals surface area contributed by atoms with E-state index in [0.717, 1.165) is 21.9 Å². The van der Waals surface area contributed by atoms with E-state index in [2.05, 4.69) is 36.3 Å². The monoisotopic (exact) mass is 231 g/mol. The molecule has 18 heavy (non-hydrogen) atoms. The molecule has 1 nitrogen and oxygen atoms in total. The summed E-state index contributed by atoms with van der Waals surface area (Å²) in [5.74, 6) is 2.76. The molecule has 0 aromatic heterocycles. The Kier molecular flexibility index (Phi) is 2.25. The second kappa shape index (κ2) is 3.78. The van der Waals surface area contributed by atoms with Crippen LogP contribution in [-0.2, 0) is 0 Å². The quantitative estimate of drug-likeness (QED) is 0.591. The maximum absolute atomic E-state index is 5.98. The zero-order chi connectivity index (χ0) is 12.7. The average Bonchev–Trinajstić information content (AvgIpc) is 2.39. The molecule has 0 spiro atoms. The Morgan fingerprint density at radius 2 is 1.67 bits per heavy atom. The highest BCUT2D eigenvalue weighted by Gasteiger charge is 2.07. The molecule has 86 valence electrons. The minimum Gasteiger partial charge on any atom is -0.402 e. The van der Waals surface area contributed by atoms with E-state index >= 15 is 0 Å². The van der Waals surface area contributed by atoms with Gasteiger partial charge in [0, 0.05) is 21.9 Å². The Morgan fingerprint density at radius 1 is 1.00 bits per heavy atom. The molecule has 1 heteroatoms. The van der Waals surface area contributed by atoms with Crippen molar-refractivity contribution in [1.82, 2.24) is 0 Å². The number of rotatable bonds is 0. The minimum absolute atomic E-state index is 0.796. The fraction of sp³-hybridized carbons (Fsp3) is 0.0588. The Labute approximate surface area is 106 Å². The molecule has 3 rings (SSSR count). The molecular formula is C17H13N. The molecule has 0 aliphatic heterocycles. The van der Waals surface area contributed by atoms with E-state index in [-0.39, 0.29) is 0 Å². The summed E-state index contributed by atoms with van der Waals surface area (Å²) in [5.41, 5.74) is 7.68. The van der Waals surface area contributed by atoms with Crippen LogP contribution < -0.4 is 11.0 Å². The van der Waals surface area contributed by atoms with Crippen molar-refractivity contribution >= 4 is 27.2 Å². The van der Waals surface area contributed by atoms with Crippen molar-refractivity contribution in [2.75, 3.05) is 0 Å². The van der Waals surface area contributed by atoms with Crippen LogP contribution in [0.4, 0.5) is 0 Å². The van der Waals surface area contributed by atoms with E-state index < -0.39 is 0 Å². The van der Waals surface area contributed by atoms with Gasteiger partial charge in [0.15, 0.2) is 0 Å². The third kappa shape index (κ3) is 1.36. The Balaban J connectivity index is 2.77. The Hall–Kier alpha value is -2.46. The zero-order valence-corrected chi connectivity index (χ0v) is 10.2. The molecule has 0 atom stereocenters. The lowest BCUT2D eigenvalue weighted by Crippen LogP contribution is -2.12. The first kappa shape index (κ1) is 10.7. The Morgan fingerprint density at radius 3 is 2.28 bits per heavy atom. The van der Waals surface area contributed by atoms with Crippen LogP contribution in [-0.4, -0.2) is 0 Å². The van der Waals surface area contributed by atoms with Gasteiger partial charge in [0.25, 0.3) is 0 Å². The lowest BCUT2D eigenvalue weighted by Gasteiger charge is -2.09. The zero-order valence-electron chi connectivity index (χ0n) is 10.2. The number of terminal acetylenes is 1. The molecule has 0 bridgehead atoms. The fourth-order valence-corrected chi connectivity index (χ4v) is 2.53. The van der Waals surface area contributed by atoms with Crippen molar-refractivity contribution in [3.05, 3.63) is 53.2 Å². The number of benzene rings is 3. The van der Waals surface area contributed by atoms with Gasteiger partial charge in [-0.2, -0.15) is 0 Å². The second-order valence-corrected chi connectivity index (χ2v) is 4.51. The topological polar surface area (TPSA) is 26.0 Å². The van der Waals surface area contributed by atoms with Gasteiger partial charge < -0.3 is 5.73 Å². The molecule has 0 heterocycles. The highest BCUT2D eigenvalue weighted by atomic mass is 14.5. The number of nitrogens with two attached hydrogens (primary N) is 1. The smallest absolute Gasteiger partial charge is 0.0328 e. The summed E-state index contributed by atoms with van der Waals surface area (Å²) in [6, 6.07) is 14.5. The summed E-state index contributed by atoms with van der Waals surface area (Å²) in [6.07, 6.45) is 5.62. The highest BCUT2D eigenvalue weighted by Crippen LogP contribution is 2.26. The van der Waals surface area contributed by atoms with Crippen LogP contribution in [0, 0.1) is 12.3 Å². The Bertz CT molecular complexity index is 831. The first-order valence-corrected chi connectivity index (χ1v) is 5.89. The molecule has 0 radical (unpaired) electrons. The first-order chi connectivity index (χ1) is 8.72. The summed E-state index contributed by atoms with van der Waals surface area (Å²) < 4.78 is 0. The van der Waals surface area contributed by atoms with Crippen LogP contribution in [0.2, 0.25) is 0 Å². The molecule has 0 amide bonds. The fourth-order valence-electron chi connectivity index (χ4n) is 2.53. The molecule has 3 aromatic rings. The highest BCUT2D eigenvalue weighted by molar-refractivity contribution is 6.12. The van der Waals surface area contributed by atoms with Crippen molar-refractivity contribution in [1.29, 1.82) is 0 Å². The molecule has 0 saturated heterocycles. The number of hydrogen-bond donors (Lipinski definition) is 1. The molecular weight excluding hydrogens is 218 g/mol. The van der Waals surface area contributed by atoms with Gasteiger partial charge in [-0.15, -0.1) is 6.42 Å². The van der Waals surface area contributed by atoms with Gasteiger partial charge in [0.05, 0.1) is 0 Å². The molecule has 0 aliphatic rings. The van der Waals surface area contributed by atoms with Crippen LogP contribution in [0.5, 0.6) is 0 Å². The van der Waals surface area contributed by atoms with E-state index in [1.54, 1.807) is 0 Å². The summed E-state index contributed by atoms with van der Waals surface area (Å²) in [6.45, 7) is 1.91. The van der Waals surface area contributed by atoms with Crippen LogP contribution >= 0.6 is 0 Å². The van der Waals surface area contributed by atoms with E-state index in [4.69, 9.17) is 12.2 Å². The van der Waals surface area contributed by atoms with Gasteiger partial charge in [-0.25, -0.2) is 0 Å². The van der Waals surface area contributed by atoms with E-state index in [1.807, 2.05) is 19.1 Å². The first-order valence-electron chi connectivity index (χ1n) is 5.89. The minimum atomic E-state index is 0.796. The molecule has 0 saturated carbocycles. The average molecular weight is 231 g/mol. The molecule has 0 aliphatic carbocycles. The normalized spacial score (nSPS) is 12.7. The van der Waals surface area contributed by atoms with E-state index in [9.17, 15) is 0 Å². The maximum Gasteiger partial charge on any atom is 0.0328 e. The van der Waals surface area contributed by atoms with Gasteiger partial charge in [0.1, 0.15) is 0 Å². The molecule has 0 fully saturated rings. The van der Waals surface area contributed by atoms with Crippen LogP contribution in [0.1, 0.15) is 12.5 Å². The third-order valence-electron chi connectivity index (χ3n) is 3.36. The van der Waals surface area contributed by atoms with Crippen molar-refractivity contribution in [2.24, 2.45) is 5.73 Å². The standard InChI is InChI=1S/C17H13N/c1-3-12-7-8-13-5-4-6-14-9-10-15(11(2)18)17(12)16(13)14/h1,4-10H,18H2,2H3/b15-11+. The molecule has 3 aromatic carbocycles. The summed E-state index contributed by atoms with van der Waals surface area (Å²) in [4.78, 5) is 0. The van der Waals surface area contributed by atoms with Gasteiger partial charge in [-0.1, -0.05) is 42.3 Å². The van der Waals surface area contributed by atoms with Crippen LogP contribution in [0.3, 0.4) is 0 Å². The van der Waals surface area contributed by atoms with E-state index in [0.29, 0.717) is 0 Å². The lowest BCUT2D eigenvalue weighted by atomic mass is 9.95. The largest absolute Gasteiger partial charge is 0.402 e. The van der Waals surface area contributed by atoms with E-state index in [1.165, 1.54) is 16.2 Å². The van der Waals surface area contributed by atoms with Gasteiger partial charge in [0.2, 0.25) is 0 Å². The van der Waals surface area contributed by atoms with Crippen LogP contribution in [0.25, 0.3) is 27.2 Å². The molecule has 2 N–H and O–H groups in total. The summed E-state index contributed by atoms with van der Waals surface area (Å²) in [5, 5.41) is 5.73. The van der Waals surface area contributed by atoms with Crippen molar-refractivity contribution < 1.29 is 0 Å². The molecule has 0 unspecified atom stereocenters. The summed E-state index contributed by atoms with van der Waals surface area (Å²) >= 11 is 0. The third-order valence-corrected chi connectivity index (χ3v) is 3.36. The van der Waals surface area contributed by atoms with Gasteiger partial charge in [-0.3, -0.25) is 0 Å². The SMILES string of the molecule is C#Cc1ccc2cccc3cc/c(=C(/C)N)c1c23. The van der Waals surface area contributed by atoms with Crippen molar-refractivity contribution in [3.63, 3.8) is 0 Å². The van der Waals surface area contributed by atoms with Gasteiger partial charge in [-0.05, 0) is 29.1 Å². The second-order valence-electron chi connectivity index (χ2n) is 4.51. The van der Waals surface area contributed by atoms with Crippen molar-refractivity contribution in [3.8, 4) is 12.3 Å². The summed E-state index contributed by atoms with van der Waals surface area (Å²) in [7, 11) is 0. The predicted octanol–water partition coefficient (Wildman–Crippen LogP) is 2.78. The maximum atomic E-state index is 5.98. The van der Waals surface area contributed by atoms with Crippen molar-refractivity contribution in [2.45, 2.75) is 6.92 Å². The van der Waals surface area contributed by atoms with Gasteiger partial charge >= 0.3 is 0 Å². The predicted molar refractivity (Wildman–Crippen MR) is 77.9 cm³/mol. The van der Waals surface area contributed by atoms with Crippen LogP contribution in [0.15, 0.2) is 42.5 Å². The lowest BCUT2D eigenvalue weighted by molar-refractivity contribution is 1.47.